The Kier molecular flexibility index (Phi) is 4.40. The standard InChI is InChI=1S/C13H24N2O2/c14-12(16)4-3-9-15-10-11-5-8-13(17-11)6-1-2-7-13/h11,15H,1-10H2,(H2,14,16). The van der Waals surface area contributed by atoms with Crippen LogP contribution in [-0.4, -0.2) is 30.7 Å². The van der Waals surface area contributed by atoms with E-state index < -0.39 is 0 Å². The van der Waals surface area contributed by atoms with Crippen molar-refractivity contribution in [1.82, 2.24) is 5.32 Å². The summed E-state index contributed by atoms with van der Waals surface area (Å²) in [7, 11) is 0. The lowest BCUT2D eigenvalue weighted by molar-refractivity contribution is -0.118. The first-order chi connectivity index (χ1) is 8.20. The molecule has 1 aliphatic carbocycles. The minimum atomic E-state index is -0.214. The number of rotatable bonds is 6. The highest BCUT2D eigenvalue weighted by molar-refractivity contribution is 5.73. The Morgan fingerprint density at radius 3 is 2.82 bits per heavy atom. The third-order valence-corrected chi connectivity index (χ3v) is 4.00. The van der Waals surface area contributed by atoms with Crippen LogP contribution in [0.15, 0.2) is 0 Å². The van der Waals surface area contributed by atoms with E-state index in [9.17, 15) is 4.79 Å². The van der Waals surface area contributed by atoms with Gasteiger partial charge in [-0.15, -0.1) is 0 Å². The molecule has 1 saturated heterocycles. The van der Waals surface area contributed by atoms with Crippen molar-refractivity contribution in [3.8, 4) is 0 Å². The van der Waals surface area contributed by atoms with Crippen LogP contribution in [0.1, 0.15) is 51.4 Å². The summed E-state index contributed by atoms with van der Waals surface area (Å²) in [6, 6.07) is 0. The van der Waals surface area contributed by atoms with Crippen LogP contribution in [0.25, 0.3) is 0 Å². The number of amides is 1. The highest BCUT2D eigenvalue weighted by atomic mass is 16.5. The first-order valence-corrected chi connectivity index (χ1v) is 6.87. The molecule has 0 aromatic heterocycles. The average Bonchev–Trinajstić information content (AvgIpc) is 2.89. The van der Waals surface area contributed by atoms with E-state index in [-0.39, 0.29) is 11.5 Å². The van der Waals surface area contributed by atoms with Gasteiger partial charge in [-0.25, -0.2) is 0 Å². The van der Waals surface area contributed by atoms with Crippen LogP contribution >= 0.6 is 0 Å². The van der Waals surface area contributed by atoms with Crippen LogP contribution in [0.3, 0.4) is 0 Å². The van der Waals surface area contributed by atoms with E-state index in [2.05, 4.69) is 5.32 Å². The Bertz CT molecular complexity index is 262. The van der Waals surface area contributed by atoms with Crippen molar-refractivity contribution in [3.63, 3.8) is 0 Å². The van der Waals surface area contributed by atoms with Gasteiger partial charge in [-0.2, -0.15) is 0 Å². The molecule has 0 aromatic rings. The van der Waals surface area contributed by atoms with Crippen LogP contribution in [-0.2, 0) is 9.53 Å². The van der Waals surface area contributed by atoms with Gasteiger partial charge in [-0.05, 0) is 38.6 Å². The second kappa shape index (κ2) is 5.83. The summed E-state index contributed by atoms with van der Waals surface area (Å²) in [5.41, 5.74) is 5.32. The Morgan fingerprint density at radius 1 is 1.35 bits per heavy atom. The summed E-state index contributed by atoms with van der Waals surface area (Å²) >= 11 is 0. The molecule has 98 valence electrons. The maximum atomic E-state index is 10.6. The lowest BCUT2D eigenvalue weighted by atomic mass is 9.98. The summed E-state index contributed by atoms with van der Waals surface area (Å²) in [6.45, 7) is 1.77. The molecule has 0 aromatic carbocycles. The molecular formula is C13H24N2O2. The Hall–Kier alpha value is -0.610. The van der Waals surface area contributed by atoms with E-state index in [0.717, 1.165) is 19.5 Å². The van der Waals surface area contributed by atoms with Crippen molar-refractivity contribution >= 4 is 5.91 Å². The summed E-state index contributed by atoms with van der Waals surface area (Å²) in [4.78, 5) is 10.6. The normalized spacial score (nSPS) is 26.7. The Labute approximate surface area is 103 Å². The number of carbonyl (C=O) groups is 1. The highest BCUT2D eigenvalue weighted by Crippen LogP contribution is 2.43. The predicted molar refractivity (Wildman–Crippen MR) is 66.6 cm³/mol. The van der Waals surface area contributed by atoms with E-state index in [4.69, 9.17) is 10.5 Å². The van der Waals surface area contributed by atoms with Crippen LogP contribution in [0.2, 0.25) is 0 Å². The zero-order chi connectivity index (χ0) is 12.1. The fourth-order valence-corrected chi connectivity index (χ4v) is 3.08. The van der Waals surface area contributed by atoms with Crippen molar-refractivity contribution in [2.45, 2.75) is 63.1 Å². The Balaban J connectivity index is 1.57. The molecule has 1 unspecified atom stereocenters. The zero-order valence-corrected chi connectivity index (χ0v) is 10.5. The van der Waals surface area contributed by atoms with Crippen molar-refractivity contribution in [2.24, 2.45) is 5.73 Å². The fraction of sp³-hybridized carbons (Fsp3) is 0.923. The number of hydrogen-bond donors (Lipinski definition) is 2. The minimum Gasteiger partial charge on any atom is -0.370 e. The smallest absolute Gasteiger partial charge is 0.217 e. The molecule has 2 rings (SSSR count). The molecule has 2 fully saturated rings. The number of primary amides is 1. The van der Waals surface area contributed by atoms with Gasteiger partial charge in [-0.3, -0.25) is 4.79 Å². The van der Waals surface area contributed by atoms with Gasteiger partial charge in [0.15, 0.2) is 0 Å². The summed E-state index contributed by atoms with van der Waals surface area (Å²) < 4.78 is 6.18. The fourth-order valence-electron chi connectivity index (χ4n) is 3.08. The van der Waals surface area contributed by atoms with Crippen LogP contribution in [0.5, 0.6) is 0 Å². The van der Waals surface area contributed by atoms with Crippen molar-refractivity contribution in [1.29, 1.82) is 0 Å². The minimum absolute atomic E-state index is 0.214. The largest absolute Gasteiger partial charge is 0.370 e. The van der Waals surface area contributed by atoms with Gasteiger partial charge in [0.05, 0.1) is 11.7 Å². The molecule has 1 spiro atoms. The van der Waals surface area contributed by atoms with Crippen LogP contribution < -0.4 is 11.1 Å². The maximum absolute atomic E-state index is 10.6. The average molecular weight is 240 g/mol. The lowest BCUT2D eigenvalue weighted by Crippen LogP contribution is -2.31. The van der Waals surface area contributed by atoms with Crippen molar-refractivity contribution in [3.05, 3.63) is 0 Å². The number of nitrogens with one attached hydrogen (secondary N) is 1. The molecular weight excluding hydrogens is 216 g/mol. The van der Waals surface area contributed by atoms with E-state index in [0.29, 0.717) is 12.5 Å². The monoisotopic (exact) mass is 240 g/mol. The van der Waals surface area contributed by atoms with Gasteiger partial charge in [0.25, 0.3) is 0 Å². The highest BCUT2D eigenvalue weighted by Gasteiger charge is 2.41. The van der Waals surface area contributed by atoms with Crippen LogP contribution in [0, 0.1) is 0 Å². The molecule has 1 saturated carbocycles. The summed E-state index contributed by atoms with van der Waals surface area (Å²) in [6.07, 6.45) is 9.27. The molecule has 17 heavy (non-hydrogen) atoms. The number of nitrogens with two attached hydrogens (primary N) is 1. The first kappa shape index (κ1) is 12.8. The molecule has 1 aliphatic heterocycles. The predicted octanol–water partition coefficient (Wildman–Crippen LogP) is 1.33. The molecule has 1 atom stereocenters. The second-order valence-corrected chi connectivity index (χ2v) is 5.44. The summed E-state index contributed by atoms with van der Waals surface area (Å²) in [5, 5.41) is 3.36. The van der Waals surface area contributed by atoms with Gasteiger partial charge in [-0.1, -0.05) is 12.8 Å². The van der Waals surface area contributed by atoms with E-state index in [1.54, 1.807) is 0 Å². The maximum Gasteiger partial charge on any atom is 0.217 e. The zero-order valence-electron chi connectivity index (χ0n) is 10.5. The van der Waals surface area contributed by atoms with Crippen molar-refractivity contribution in [2.75, 3.05) is 13.1 Å². The SMILES string of the molecule is NC(=O)CCCNCC1CCC2(CCCC2)O1. The number of hydrogen-bond acceptors (Lipinski definition) is 3. The first-order valence-electron chi connectivity index (χ1n) is 6.87. The third-order valence-electron chi connectivity index (χ3n) is 4.00. The van der Waals surface area contributed by atoms with E-state index in [1.807, 2.05) is 0 Å². The quantitative estimate of drug-likeness (QED) is 0.688. The topological polar surface area (TPSA) is 64.4 Å². The second-order valence-electron chi connectivity index (χ2n) is 5.44. The summed E-state index contributed by atoms with van der Waals surface area (Å²) in [5.74, 6) is -0.214. The molecule has 1 amide bonds. The van der Waals surface area contributed by atoms with E-state index >= 15 is 0 Å². The molecule has 1 heterocycles. The lowest BCUT2D eigenvalue weighted by Gasteiger charge is -2.23. The number of carbonyl (C=O) groups excluding carboxylic acids is 1. The molecule has 4 heteroatoms. The van der Waals surface area contributed by atoms with Crippen molar-refractivity contribution < 1.29 is 9.53 Å². The Morgan fingerprint density at radius 2 is 2.12 bits per heavy atom. The molecule has 4 nitrogen and oxygen atoms in total. The van der Waals surface area contributed by atoms with Gasteiger partial charge in [0.1, 0.15) is 0 Å². The molecule has 3 N–H and O–H groups in total. The van der Waals surface area contributed by atoms with Gasteiger partial charge >= 0.3 is 0 Å². The number of ether oxygens (including phenoxy) is 1. The van der Waals surface area contributed by atoms with Gasteiger partial charge in [0.2, 0.25) is 5.91 Å². The molecule has 0 radical (unpaired) electrons. The third kappa shape index (κ3) is 3.68. The van der Waals surface area contributed by atoms with Gasteiger partial charge in [0, 0.05) is 13.0 Å². The van der Waals surface area contributed by atoms with E-state index in [1.165, 1.54) is 38.5 Å². The van der Waals surface area contributed by atoms with Gasteiger partial charge < -0.3 is 15.8 Å². The molecule has 0 bridgehead atoms. The van der Waals surface area contributed by atoms with Crippen LogP contribution in [0.4, 0.5) is 0 Å². The molecule has 2 aliphatic rings.